The molecule has 4 rings (SSSR count). The average Bonchev–Trinajstić information content (AvgIpc) is 2.80. The molecule has 0 radical (unpaired) electrons. The van der Waals surface area contributed by atoms with Gasteiger partial charge in [0.1, 0.15) is 11.5 Å². The Kier molecular flexibility index (Phi) is 6.46. The van der Waals surface area contributed by atoms with Gasteiger partial charge in [-0.15, -0.1) is 0 Å². The van der Waals surface area contributed by atoms with Crippen molar-refractivity contribution in [2.24, 2.45) is 0 Å². The molecule has 4 N–H and O–H groups in total. The Labute approximate surface area is 192 Å². The van der Waals surface area contributed by atoms with E-state index in [1.165, 1.54) is 18.2 Å². The second-order valence-corrected chi connectivity index (χ2v) is 7.96. The van der Waals surface area contributed by atoms with E-state index in [1.54, 1.807) is 42.5 Å². The third-order valence-corrected chi connectivity index (χ3v) is 5.64. The van der Waals surface area contributed by atoms with Crippen LogP contribution in [0, 0.1) is 0 Å². The molecule has 8 nitrogen and oxygen atoms in total. The molecule has 0 bridgehead atoms. The van der Waals surface area contributed by atoms with Crippen molar-refractivity contribution in [1.29, 1.82) is 0 Å². The summed E-state index contributed by atoms with van der Waals surface area (Å²) in [6.07, 6.45) is 0. The number of aromatic hydroxyl groups is 2. The smallest absolute Gasteiger partial charge is 0.259 e. The molecule has 1 heterocycles. The normalized spacial score (nSPS) is 14.0. The highest BCUT2D eigenvalue weighted by Gasteiger charge is 2.20. The number of nitrogens with one attached hydrogen (secondary N) is 2. The molecule has 0 aliphatic carbocycles. The molecule has 0 atom stereocenters. The predicted octanol–water partition coefficient (Wildman–Crippen LogP) is 3.35. The van der Waals surface area contributed by atoms with Crippen molar-refractivity contribution in [2.75, 3.05) is 48.8 Å². The maximum atomic E-state index is 12.9. The fraction of sp³-hybridized carbons (Fsp3) is 0.200. The zero-order valence-corrected chi connectivity index (χ0v) is 18.3. The summed E-state index contributed by atoms with van der Waals surface area (Å²) in [5.74, 6) is -1.14. The molecule has 8 heteroatoms. The number of carbonyl (C=O) groups is 2. The Morgan fingerprint density at radius 1 is 0.758 bits per heavy atom. The first-order valence-electron chi connectivity index (χ1n) is 10.7. The number of amides is 2. The Morgan fingerprint density at radius 2 is 1.30 bits per heavy atom. The Balaban J connectivity index is 1.63. The van der Waals surface area contributed by atoms with Gasteiger partial charge in [-0.25, -0.2) is 0 Å². The van der Waals surface area contributed by atoms with Gasteiger partial charge in [-0.2, -0.15) is 0 Å². The van der Waals surface area contributed by atoms with Crippen LogP contribution in [0.4, 0.5) is 17.1 Å². The van der Waals surface area contributed by atoms with Gasteiger partial charge in [0.25, 0.3) is 11.8 Å². The molecule has 0 aromatic heterocycles. The first-order valence-corrected chi connectivity index (χ1v) is 10.7. The van der Waals surface area contributed by atoms with Crippen LogP contribution in [0.15, 0.2) is 66.7 Å². The fourth-order valence-corrected chi connectivity index (χ4v) is 3.76. The number of rotatable bonds is 5. The number of hydrogen-bond donors (Lipinski definition) is 4. The van der Waals surface area contributed by atoms with E-state index in [9.17, 15) is 19.8 Å². The Hall–Kier alpha value is -4.04. The van der Waals surface area contributed by atoms with Crippen LogP contribution in [0.3, 0.4) is 0 Å². The summed E-state index contributed by atoms with van der Waals surface area (Å²) in [6.45, 7) is 3.36. The molecule has 1 aliphatic rings. The summed E-state index contributed by atoms with van der Waals surface area (Å²) in [5.41, 5.74) is 2.12. The van der Waals surface area contributed by atoms with E-state index in [0.717, 1.165) is 31.9 Å². The van der Waals surface area contributed by atoms with Crippen LogP contribution in [-0.4, -0.2) is 60.2 Å². The molecule has 170 valence electrons. The number of likely N-dealkylation sites (N-methyl/N-ethyl adjacent to an activating group) is 1. The molecule has 1 saturated heterocycles. The van der Waals surface area contributed by atoms with Gasteiger partial charge in [-0.1, -0.05) is 24.3 Å². The number of phenols is 2. The highest BCUT2D eigenvalue weighted by molar-refractivity contribution is 6.09. The van der Waals surface area contributed by atoms with E-state index in [-0.39, 0.29) is 22.6 Å². The van der Waals surface area contributed by atoms with Crippen LogP contribution < -0.4 is 15.5 Å². The monoisotopic (exact) mass is 446 g/mol. The van der Waals surface area contributed by atoms with Gasteiger partial charge in [0, 0.05) is 31.9 Å². The molecule has 0 unspecified atom stereocenters. The molecule has 1 aliphatic heterocycles. The number of anilines is 3. The molecular formula is C25H26N4O4. The van der Waals surface area contributed by atoms with Gasteiger partial charge in [-0.3, -0.25) is 9.59 Å². The number of nitrogens with zero attached hydrogens (tertiary/aromatic N) is 2. The molecule has 33 heavy (non-hydrogen) atoms. The first kappa shape index (κ1) is 22.2. The van der Waals surface area contributed by atoms with Crippen molar-refractivity contribution in [1.82, 2.24) is 4.90 Å². The molecule has 3 aromatic rings. The van der Waals surface area contributed by atoms with Crippen LogP contribution in [0.1, 0.15) is 20.7 Å². The lowest BCUT2D eigenvalue weighted by atomic mass is 10.1. The lowest BCUT2D eigenvalue weighted by molar-refractivity contribution is 0.101. The van der Waals surface area contributed by atoms with Crippen LogP contribution in [-0.2, 0) is 0 Å². The summed E-state index contributed by atoms with van der Waals surface area (Å²) in [4.78, 5) is 30.0. The number of hydrogen-bond acceptors (Lipinski definition) is 6. The largest absolute Gasteiger partial charge is 0.507 e. The van der Waals surface area contributed by atoms with Gasteiger partial charge in [0.15, 0.2) is 0 Å². The van der Waals surface area contributed by atoms with Gasteiger partial charge in [-0.05, 0) is 49.5 Å². The quantitative estimate of drug-likeness (QED) is 0.479. The molecule has 0 saturated carbocycles. The standard InChI is InChI=1S/C25H26N4O4/c1-28-12-14-29(15-13-28)21-11-10-17(26-24(32)18-6-2-4-8-22(18)30)16-20(21)27-25(33)19-7-3-5-9-23(19)31/h2-11,16,30-31H,12-15H2,1H3,(H,26,32)(H,27,33). The topological polar surface area (TPSA) is 105 Å². The first-order chi connectivity index (χ1) is 15.9. The molecule has 2 amide bonds. The molecule has 0 spiro atoms. The van der Waals surface area contributed by atoms with Crippen molar-refractivity contribution >= 4 is 28.9 Å². The SMILES string of the molecule is CN1CCN(c2ccc(NC(=O)c3ccccc3O)cc2NC(=O)c2ccccc2O)CC1. The number of para-hydroxylation sites is 2. The molecule has 1 fully saturated rings. The third-order valence-electron chi connectivity index (χ3n) is 5.64. The van der Waals surface area contributed by atoms with Crippen molar-refractivity contribution in [3.8, 4) is 11.5 Å². The third kappa shape index (κ3) is 5.07. The Bertz CT molecular complexity index is 1170. The van der Waals surface area contributed by atoms with Gasteiger partial charge >= 0.3 is 0 Å². The van der Waals surface area contributed by atoms with Crippen molar-refractivity contribution < 1.29 is 19.8 Å². The molecular weight excluding hydrogens is 420 g/mol. The van der Waals surface area contributed by atoms with E-state index in [0.29, 0.717) is 11.4 Å². The van der Waals surface area contributed by atoms with Crippen molar-refractivity contribution in [2.45, 2.75) is 0 Å². The second-order valence-electron chi connectivity index (χ2n) is 7.96. The summed E-state index contributed by atoms with van der Waals surface area (Å²) in [6, 6.07) is 17.9. The lowest BCUT2D eigenvalue weighted by Crippen LogP contribution is -2.44. The van der Waals surface area contributed by atoms with E-state index < -0.39 is 11.8 Å². The van der Waals surface area contributed by atoms with Gasteiger partial charge < -0.3 is 30.6 Å². The molecule has 3 aromatic carbocycles. The maximum Gasteiger partial charge on any atom is 0.259 e. The maximum absolute atomic E-state index is 12.9. The van der Waals surface area contributed by atoms with E-state index in [1.807, 2.05) is 6.07 Å². The van der Waals surface area contributed by atoms with Crippen LogP contribution in [0.25, 0.3) is 0 Å². The van der Waals surface area contributed by atoms with Gasteiger partial charge in [0.2, 0.25) is 0 Å². The zero-order valence-electron chi connectivity index (χ0n) is 18.3. The van der Waals surface area contributed by atoms with Gasteiger partial charge in [0.05, 0.1) is 22.5 Å². The second kappa shape index (κ2) is 9.62. The van der Waals surface area contributed by atoms with E-state index >= 15 is 0 Å². The summed E-state index contributed by atoms with van der Waals surface area (Å²) < 4.78 is 0. The minimum atomic E-state index is -0.460. The fourth-order valence-electron chi connectivity index (χ4n) is 3.76. The highest BCUT2D eigenvalue weighted by Crippen LogP contribution is 2.32. The predicted molar refractivity (Wildman–Crippen MR) is 128 cm³/mol. The minimum absolute atomic E-state index is 0.111. The lowest BCUT2D eigenvalue weighted by Gasteiger charge is -2.35. The number of carbonyl (C=O) groups excluding carboxylic acids is 2. The summed E-state index contributed by atoms with van der Waals surface area (Å²) in [5, 5.41) is 25.7. The van der Waals surface area contributed by atoms with E-state index in [2.05, 4.69) is 27.5 Å². The number of phenolic OH excluding ortho intramolecular Hbond substituents is 2. The van der Waals surface area contributed by atoms with Crippen LogP contribution >= 0.6 is 0 Å². The number of benzene rings is 3. The Morgan fingerprint density at radius 3 is 1.88 bits per heavy atom. The van der Waals surface area contributed by atoms with Crippen molar-refractivity contribution in [3.05, 3.63) is 77.9 Å². The zero-order chi connectivity index (χ0) is 23.4. The van der Waals surface area contributed by atoms with E-state index in [4.69, 9.17) is 0 Å². The minimum Gasteiger partial charge on any atom is -0.507 e. The number of piperazine rings is 1. The van der Waals surface area contributed by atoms with Crippen LogP contribution in [0.2, 0.25) is 0 Å². The summed E-state index contributed by atoms with van der Waals surface area (Å²) in [7, 11) is 2.07. The average molecular weight is 447 g/mol. The summed E-state index contributed by atoms with van der Waals surface area (Å²) >= 11 is 0. The highest BCUT2D eigenvalue weighted by atomic mass is 16.3. The van der Waals surface area contributed by atoms with Crippen molar-refractivity contribution in [3.63, 3.8) is 0 Å². The van der Waals surface area contributed by atoms with Crippen LogP contribution in [0.5, 0.6) is 11.5 Å².